The first-order valence-corrected chi connectivity index (χ1v) is 12.6. The summed E-state index contributed by atoms with van der Waals surface area (Å²) in [7, 11) is 0. The second-order valence-electron chi connectivity index (χ2n) is 9.95. The van der Waals surface area contributed by atoms with E-state index in [0.717, 1.165) is 48.6 Å². The number of aromatic nitrogens is 4. The molecule has 2 aliphatic heterocycles. The lowest BCUT2D eigenvalue weighted by atomic mass is 9.94. The molecule has 3 aromatic heterocycles. The number of amides is 1. The molecule has 0 atom stereocenters. The van der Waals surface area contributed by atoms with Gasteiger partial charge in [-0.05, 0) is 51.9 Å². The average Bonchev–Trinajstić information content (AvgIpc) is 3.51. The Morgan fingerprint density at radius 2 is 1.97 bits per heavy atom. The Hall–Kier alpha value is -3.72. The SMILES string of the molecule is Cc1cccc(-c2nc(CN3CCC(C(=O)N4CCc5nc6cc[nH]n6c(=O)c5C4)CC3)c(C)o2)c1. The van der Waals surface area contributed by atoms with Crippen molar-refractivity contribution in [2.75, 3.05) is 19.6 Å². The summed E-state index contributed by atoms with van der Waals surface area (Å²) in [5.74, 6) is 1.63. The summed E-state index contributed by atoms with van der Waals surface area (Å²) in [6.07, 6.45) is 3.93. The van der Waals surface area contributed by atoms with Gasteiger partial charge in [0, 0.05) is 43.3 Å². The van der Waals surface area contributed by atoms with Crippen molar-refractivity contribution in [1.29, 1.82) is 0 Å². The zero-order valence-corrected chi connectivity index (χ0v) is 20.7. The van der Waals surface area contributed by atoms with Crippen molar-refractivity contribution in [3.8, 4) is 11.5 Å². The third kappa shape index (κ3) is 4.13. The van der Waals surface area contributed by atoms with Gasteiger partial charge >= 0.3 is 0 Å². The number of oxazole rings is 1. The molecule has 1 saturated heterocycles. The van der Waals surface area contributed by atoms with Gasteiger partial charge in [-0.1, -0.05) is 17.7 Å². The second kappa shape index (κ2) is 9.05. The van der Waals surface area contributed by atoms with E-state index in [9.17, 15) is 9.59 Å². The maximum atomic E-state index is 13.3. The van der Waals surface area contributed by atoms with E-state index in [1.165, 1.54) is 10.1 Å². The van der Waals surface area contributed by atoms with Gasteiger partial charge in [-0.3, -0.25) is 19.6 Å². The van der Waals surface area contributed by atoms with Gasteiger partial charge in [0.25, 0.3) is 5.56 Å². The summed E-state index contributed by atoms with van der Waals surface area (Å²) < 4.78 is 7.41. The van der Waals surface area contributed by atoms with Crippen LogP contribution in [0.25, 0.3) is 17.1 Å². The quantitative estimate of drug-likeness (QED) is 0.476. The Morgan fingerprint density at radius 3 is 2.78 bits per heavy atom. The van der Waals surface area contributed by atoms with Crippen molar-refractivity contribution in [3.63, 3.8) is 0 Å². The van der Waals surface area contributed by atoms with Crippen LogP contribution in [0.5, 0.6) is 0 Å². The smallest absolute Gasteiger partial charge is 0.277 e. The van der Waals surface area contributed by atoms with Gasteiger partial charge < -0.3 is 9.32 Å². The van der Waals surface area contributed by atoms with Crippen LogP contribution < -0.4 is 5.56 Å². The number of likely N-dealkylation sites (tertiary alicyclic amines) is 1. The minimum Gasteiger partial charge on any atom is -0.441 e. The molecule has 9 heteroatoms. The fraction of sp³-hybridized carbons (Fsp3) is 0.407. The summed E-state index contributed by atoms with van der Waals surface area (Å²) in [5.41, 5.74) is 5.06. The van der Waals surface area contributed by atoms with E-state index in [1.807, 2.05) is 24.0 Å². The highest BCUT2D eigenvalue weighted by Crippen LogP contribution is 2.27. The van der Waals surface area contributed by atoms with Crippen LogP contribution in [0.2, 0.25) is 0 Å². The Morgan fingerprint density at radius 1 is 1.14 bits per heavy atom. The third-order valence-corrected chi connectivity index (χ3v) is 7.47. The fourth-order valence-corrected chi connectivity index (χ4v) is 5.39. The van der Waals surface area contributed by atoms with E-state index in [1.54, 1.807) is 12.3 Å². The number of piperidine rings is 1. The van der Waals surface area contributed by atoms with Crippen molar-refractivity contribution in [3.05, 3.63) is 75.2 Å². The molecule has 6 rings (SSSR count). The Labute approximate surface area is 208 Å². The summed E-state index contributed by atoms with van der Waals surface area (Å²) in [4.78, 5) is 39.8. The molecule has 36 heavy (non-hydrogen) atoms. The molecule has 0 saturated carbocycles. The zero-order chi connectivity index (χ0) is 24.8. The normalized spacial score (nSPS) is 17.0. The highest BCUT2D eigenvalue weighted by atomic mass is 16.4. The monoisotopic (exact) mass is 486 g/mol. The fourth-order valence-electron chi connectivity index (χ4n) is 5.39. The number of carbonyl (C=O) groups is 1. The maximum Gasteiger partial charge on any atom is 0.277 e. The molecular formula is C27H30N6O3. The van der Waals surface area contributed by atoms with E-state index in [4.69, 9.17) is 9.40 Å². The van der Waals surface area contributed by atoms with Crippen LogP contribution in [-0.4, -0.2) is 54.9 Å². The number of aromatic amines is 1. The number of aryl methyl sites for hydroxylation is 2. The Bertz CT molecular complexity index is 1490. The molecule has 0 spiro atoms. The summed E-state index contributed by atoms with van der Waals surface area (Å²) in [5, 5.41) is 2.91. The van der Waals surface area contributed by atoms with Gasteiger partial charge in [0.15, 0.2) is 5.65 Å². The molecule has 186 valence electrons. The van der Waals surface area contributed by atoms with Crippen molar-refractivity contribution in [2.45, 2.75) is 46.2 Å². The van der Waals surface area contributed by atoms with Crippen LogP contribution in [0, 0.1) is 19.8 Å². The number of hydrogen-bond donors (Lipinski definition) is 1. The molecule has 1 fully saturated rings. The van der Waals surface area contributed by atoms with E-state index in [-0.39, 0.29) is 17.4 Å². The van der Waals surface area contributed by atoms with Gasteiger partial charge in [0.1, 0.15) is 5.76 Å². The highest BCUT2D eigenvalue weighted by Gasteiger charge is 2.32. The highest BCUT2D eigenvalue weighted by molar-refractivity contribution is 5.79. The molecule has 0 unspecified atom stereocenters. The van der Waals surface area contributed by atoms with Gasteiger partial charge in [-0.25, -0.2) is 14.5 Å². The summed E-state index contributed by atoms with van der Waals surface area (Å²) in [6, 6.07) is 9.96. The number of rotatable bonds is 4. The molecular weight excluding hydrogens is 456 g/mol. The van der Waals surface area contributed by atoms with Gasteiger partial charge in [0.2, 0.25) is 11.8 Å². The lowest BCUT2D eigenvalue weighted by Gasteiger charge is -2.35. The van der Waals surface area contributed by atoms with E-state index < -0.39 is 0 Å². The molecule has 1 aromatic carbocycles. The van der Waals surface area contributed by atoms with Crippen LogP contribution in [0.4, 0.5) is 0 Å². The van der Waals surface area contributed by atoms with Crippen LogP contribution in [0.3, 0.4) is 0 Å². The first kappa shape index (κ1) is 22.7. The third-order valence-electron chi connectivity index (χ3n) is 7.47. The van der Waals surface area contributed by atoms with Gasteiger partial charge in [-0.2, -0.15) is 0 Å². The number of carbonyl (C=O) groups excluding carboxylic acids is 1. The van der Waals surface area contributed by atoms with Crippen LogP contribution >= 0.6 is 0 Å². The molecule has 0 bridgehead atoms. The lowest BCUT2D eigenvalue weighted by Crippen LogP contribution is -2.45. The number of benzene rings is 1. The topological polar surface area (TPSA) is 99.7 Å². The minimum absolute atomic E-state index is 0.0195. The van der Waals surface area contributed by atoms with E-state index in [0.29, 0.717) is 43.2 Å². The average molecular weight is 487 g/mol. The van der Waals surface area contributed by atoms with Crippen molar-refractivity contribution < 1.29 is 9.21 Å². The van der Waals surface area contributed by atoms with Gasteiger partial charge in [-0.15, -0.1) is 0 Å². The second-order valence-corrected chi connectivity index (χ2v) is 9.95. The molecule has 0 aliphatic carbocycles. The lowest BCUT2D eigenvalue weighted by molar-refractivity contribution is -0.138. The van der Waals surface area contributed by atoms with Crippen LogP contribution in [-0.2, 0) is 24.3 Å². The zero-order valence-electron chi connectivity index (χ0n) is 20.7. The molecule has 1 amide bonds. The maximum absolute atomic E-state index is 13.3. The first-order valence-electron chi connectivity index (χ1n) is 12.6. The number of fused-ring (bicyclic) bond motifs is 2. The van der Waals surface area contributed by atoms with E-state index in [2.05, 4.69) is 34.0 Å². The Kier molecular flexibility index (Phi) is 5.72. The predicted molar refractivity (Wildman–Crippen MR) is 134 cm³/mol. The standard InChI is InChI=1S/C27H30N6O3/c1-17-4-3-5-20(14-17)25-30-23(18(2)36-25)16-31-11-7-19(8-12-31)26(34)32-13-9-22-21(15-32)27(35)33-24(29-22)6-10-28-33/h3-6,10,14,19,28H,7-9,11-13,15-16H2,1-2H3. The Balaban J connectivity index is 1.08. The predicted octanol–water partition coefficient (Wildman–Crippen LogP) is 3.09. The summed E-state index contributed by atoms with van der Waals surface area (Å²) in [6.45, 7) is 7.35. The minimum atomic E-state index is -0.111. The number of nitrogens with zero attached hydrogens (tertiary/aromatic N) is 5. The molecule has 2 aliphatic rings. The van der Waals surface area contributed by atoms with Crippen LogP contribution in [0.1, 0.15) is 41.1 Å². The molecule has 4 aromatic rings. The summed E-state index contributed by atoms with van der Waals surface area (Å²) >= 11 is 0. The molecule has 1 N–H and O–H groups in total. The van der Waals surface area contributed by atoms with Crippen molar-refractivity contribution >= 4 is 11.6 Å². The molecule has 0 radical (unpaired) electrons. The molecule has 9 nitrogen and oxygen atoms in total. The van der Waals surface area contributed by atoms with Crippen LogP contribution in [0.15, 0.2) is 45.7 Å². The van der Waals surface area contributed by atoms with E-state index >= 15 is 0 Å². The molecule has 5 heterocycles. The largest absolute Gasteiger partial charge is 0.441 e. The van der Waals surface area contributed by atoms with Crippen molar-refractivity contribution in [1.82, 2.24) is 29.4 Å². The first-order chi connectivity index (χ1) is 17.5. The van der Waals surface area contributed by atoms with Crippen molar-refractivity contribution in [2.24, 2.45) is 5.92 Å². The number of H-pyrrole nitrogens is 1. The number of hydrogen-bond acceptors (Lipinski definition) is 6. The van der Waals surface area contributed by atoms with Gasteiger partial charge in [0.05, 0.1) is 23.5 Å². The number of nitrogens with one attached hydrogen (secondary N) is 1.